The van der Waals surface area contributed by atoms with Crippen molar-refractivity contribution in [2.45, 2.75) is 97.4 Å². The number of aryl methyl sites for hydroxylation is 1. The Morgan fingerprint density at radius 2 is 2.07 bits per heavy atom. The normalized spacial score (nSPS) is 30.3. The average molecular weight is 418 g/mol. The lowest BCUT2D eigenvalue weighted by Crippen LogP contribution is -2.23. The van der Waals surface area contributed by atoms with Gasteiger partial charge in [0.05, 0.1) is 22.9 Å². The van der Waals surface area contributed by atoms with Gasteiger partial charge in [-0.15, -0.1) is 11.3 Å². The van der Waals surface area contributed by atoms with Crippen LogP contribution in [0.25, 0.3) is 6.08 Å². The van der Waals surface area contributed by atoms with Gasteiger partial charge in [0.1, 0.15) is 6.10 Å². The van der Waals surface area contributed by atoms with Crippen LogP contribution in [0, 0.1) is 12.3 Å². The molecule has 5 heteroatoms. The lowest BCUT2D eigenvalue weighted by molar-refractivity contribution is -0.148. The van der Waals surface area contributed by atoms with Crippen molar-refractivity contribution in [1.82, 2.24) is 4.98 Å². The quantitative estimate of drug-likeness (QED) is 0.324. The van der Waals surface area contributed by atoms with Gasteiger partial charge in [-0.2, -0.15) is 0 Å². The molecule has 0 amide bonds. The number of ether oxygens (including phenoxy) is 2. The highest BCUT2D eigenvalue weighted by molar-refractivity contribution is 7.09. The minimum absolute atomic E-state index is 0.102. The molecule has 160 valence electrons. The third-order valence-corrected chi connectivity index (χ3v) is 6.73. The molecule has 4 nitrogen and oxygen atoms in total. The van der Waals surface area contributed by atoms with Crippen LogP contribution in [0.4, 0.5) is 0 Å². The minimum Gasteiger partial charge on any atom is -0.458 e. The van der Waals surface area contributed by atoms with Crippen LogP contribution in [0.5, 0.6) is 0 Å². The Hall–Kier alpha value is -1.46. The number of esters is 1. The van der Waals surface area contributed by atoms with Crippen molar-refractivity contribution < 1.29 is 14.3 Å². The fourth-order valence-electron chi connectivity index (χ4n) is 3.90. The molecule has 0 spiro atoms. The van der Waals surface area contributed by atoms with Gasteiger partial charge < -0.3 is 9.47 Å². The zero-order valence-electron chi connectivity index (χ0n) is 18.3. The molecule has 0 aromatic carbocycles. The van der Waals surface area contributed by atoms with E-state index in [2.05, 4.69) is 31.0 Å². The number of cyclic esters (lactones) is 1. The molecular formula is C24H35NO3S. The van der Waals surface area contributed by atoms with Crippen molar-refractivity contribution in [3.63, 3.8) is 0 Å². The van der Waals surface area contributed by atoms with Crippen LogP contribution in [0.1, 0.15) is 82.8 Å². The number of epoxide rings is 1. The Bertz CT molecular complexity index is 749. The standard InChI is InChI=1S/C24H35NO3S/c1-17(14-19-16-29-18(2)25-19)21-15-22-20(27-22)10-8-6-5-7-9-12-24(3,4)13-11-23(26)28-21/h6,8,14,16,20-22H,5,7,9-13,15H2,1-4H3/b8-6+,17-14+/t20-,21+,22+/m1/s1. The van der Waals surface area contributed by atoms with Crippen LogP contribution in [-0.4, -0.2) is 29.3 Å². The smallest absolute Gasteiger partial charge is 0.306 e. The third kappa shape index (κ3) is 7.38. The number of nitrogens with zero attached hydrogens (tertiary/aromatic N) is 1. The Morgan fingerprint density at radius 3 is 2.83 bits per heavy atom. The molecule has 1 saturated heterocycles. The number of rotatable bonds is 2. The van der Waals surface area contributed by atoms with Gasteiger partial charge in [-0.3, -0.25) is 4.79 Å². The van der Waals surface area contributed by atoms with Crippen LogP contribution >= 0.6 is 11.3 Å². The van der Waals surface area contributed by atoms with Crippen molar-refractivity contribution in [3.8, 4) is 0 Å². The molecule has 0 radical (unpaired) electrons. The van der Waals surface area contributed by atoms with Crippen LogP contribution in [0.3, 0.4) is 0 Å². The highest BCUT2D eigenvalue weighted by Gasteiger charge is 2.40. The maximum Gasteiger partial charge on any atom is 0.306 e. The van der Waals surface area contributed by atoms with Gasteiger partial charge in [-0.05, 0) is 63.0 Å². The summed E-state index contributed by atoms with van der Waals surface area (Å²) in [4.78, 5) is 17.2. The summed E-state index contributed by atoms with van der Waals surface area (Å²) in [5, 5.41) is 3.08. The summed E-state index contributed by atoms with van der Waals surface area (Å²) in [7, 11) is 0. The fraction of sp³-hybridized carbons (Fsp3) is 0.667. The number of carbonyl (C=O) groups is 1. The topological polar surface area (TPSA) is 51.7 Å². The van der Waals surface area contributed by atoms with Crippen molar-refractivity contribution in [1.29, 1.82) is 0 Å². The number of allylic oxidation sites excluding steroid dienone is 1. The maximum atomic E-state index is 12.6. The van der Waals surface area contributed by atoms with Crippen LogP contribution in [-0.2, 0) is 14.3 Å². The molecule has 0 bridgehead atoms. The summed E-state index contributed by atoms with van der Waals surface area (Å²) in [6.07, 6.45) is 14.5. The van der Waals surface area contributed by atoms with E-state index >= 15 is 0 Å². The van der Waals surface area contributed by atoms with E-state index < -0.39 is 0 Å². The lowest BCUT2D eigenvalue weighted by atomic mass is 9.82. The molecule has 29 heavy (non-hydrogen) atoms. The molecule has 3 heterocycles. The summed E-state index contributed by atoms with van der Waals surface area (Å²) in [5.74, 6) is -0.102. The first-order valence-electron chi connectivity index (χ1n) is 10.9. The number of thiazole rings is 1. The van der Waals surface area contributed by atoms with E-state index in [-0.39, 0.29) is 29.7 Å². The van der Waals surface area contributed by atoms with Gasteiger partial charge in [-0.25, -0.2) is 4.98 Å². The maximum absolute atomic E-state index is 12.6. The van der Waals surface area contributed by atoms with Gasteiger partial charge in [0.25, 0.3) is 0 Å². The number of carbonyl (C=O) groups excluding carboxylic acids is 1. The molecule has 3 rings (SSSR count). The molecule has 1 aromatic heterocycles. The Morgan fingerprint density at radius 1 is 1.24 bits per heavy atom. The predicted octanol–water partition coefficient (Wildman–Crippen LogP) is 6.25. The molecule has 0 N–H and O–H groups in total. The van der Waals surface area contributed by atoms with Crippen LogP contribution in [0.2, 0.25) is 0 Å². The SMILES string of the molecule is C/C(=C\c1csc(C)n1)[C@@H]1C[C@@H]2O[C@@H]2C/C=C/CCCCC(C)(C)CCC(=O)O1. The molecular weight excluding hydrogens is 382 g/mol. The summed E-state index contributed by atoms with van der Waals surface area (Å²) >= 11 is 1.63. The molecule has 1 fully saturated rings. The number of hydrogen-bond donors (Lipinski definition) is 0. The monoisotopic (exact) mass is 417 g/mol. The van der Waals surface area contributed by atoms with Gasteiger partial charge in [0.15, 0.2) is 0 Å². The van der Waals surface area contributed by atoms with Crippen molar-refractivity contribution >= 4 is 23.4 Å². The van der Waals surface area contributed by atoms with E-state index in [1.54, 1.807) is 11.3 Å². The first-order chi connectivity index (χ1) is 13.8. The number of aromatic nitrogens is 1. The molecule has 0 unspecified atom stereocenters. The van der Waals surface area contributed by atoms with E-state index in [4.69, 9.17) is 9.47 Å². The predicted molar refractivity (Wildman–Crippen MR) is 119 cm³/mol. The van der Waals surface area contributed by atoms with E-state index in [0.717, 1.165) is 48.4 Å². The van der Waals surface area contributed by atoms with Gasteiger partial charge in [0.2, 0.25) is 0 Å². The van der Waals surface area contributed by atoms with E-state index in [0.29, 0.717) is 6.42 Å². The second-order valence-corrected chi connectivity index (χ2v) is 10.3. The molecule has 0 saturated carbocycles. The first-order valence-corrected chi connectivity index (χ1v) is 11.8. The summed E-state index contributed by atoms with van der Waals surface area (Å²) in [6, 6.07) is 0. The third-order valence-electron chi connectivity index (χ3n) is 5.94. The van der Waals surface area contributed by atoms with Gasteiger partial charge >= 0.3 is 5.97 Å². The van der Waals surface area contributed by atoms with Crippen molar-refractivity contribution in [2.24, 2.45) is 5.41 Å². The average Bonchev–Trinajstić information content (AvgIpc) is 3.27. The fourth-order valence-corrected chi connectivity index (χ4v) is 4.47. The van der Waals surface area contributed by atoms with Crippen molar-refractivity contribution in [2.75, 3.05) is 0 Å². The highest BCUT2D eigenvalue weighted by atomic mass is 32.1. The zero-order chi connectivity index (χ0) is 20.9. The molecule has 2 aliphatic heterocycles. The number of fused-ring (bicyclic) bond motifs is 1. The zero-order valence-corrected chi connectivity index (χ0v) is 19.1. The molecule has 1 aromatic rings. The Kier molecular flexibility index (Phi) is 7.69. The van der Waals surface area contributed by atoms with Crippen LogP contribution < -0.4 is 0 Å². The lowest BCUT2D eigenvalue weighted by Gasteiger charge is -2.25. The van der Waals surface area contributed by atoms with Crippen molar-refractivity contribution in [3.05, 3.63) is 33.8 Å². The molecule has 2 aliphatic rings. The Balaban J connectivity index is 1.70. The van der Waals surface area contributed by atoms with Gasteiger partial charge in [-0.1, -0.05) is 32.4 Å². The summed E-state index contributed by atoms with van der Waals surface area (Å²) in [5.41, 5.74) is 2.14. The Labute approximate surface area is 179 Å². The number of hydrogen-bond acceptors (Lipinski definition) is 5. The second-order valence-electron chi connectivity index (χ2n) is 9.22. The summed E-state index contributed by atoms with van der Waals surface area (Å²) < 4.78 is 11.8. The largest absolute Gasteiger partial charge is 0.458 e. The second kappa shape index (κ2) is 10.0. The highest BCUT2D eigenvalue weighted by Crippen LogP contribution is 2.34. The van der Waals surface area contributed by atoms with E-state index in [1.165, 1.54) is 12.8 Å². The molecule has 3 atom stereocenters. The summed E-state index contributed by atoms with van der Waals surface area (Å²) in [6.45, 7) is 8.55. The van der Waals surface area contributed by atoms with Gasteiger partial charge in [0, 0.05) is 18.2 Å². The molecule has 0 aliphatic carbocycles. The van der Waals surface area contributed by atoms with E-state index in [9.17, 15) is 4.79 Å². The van der Waals surface area contributed by atoms with E-state index in [1.807, 2.05) is 25.3 Å². The van der Waals surface area contributed by atoms with Crippen LogP contribution in [0.15, 0.2) is 23.1 Å². The first kappa shape index (κ1) is 22.2. The minimum atomic E-state index is -0.250.